The molecule has 66 heavy (non-hydrogen) atoms. The zero-order valence-electron chi connectivity index (χ0n) is 37.7. The lowest BCUT2D eigenvalue weighted by Crippen LogP contribution is -2.02. The number of Topliss-reactive ketones (excluding diaryl/α,β-unsaturated/α-hetero) is 1. The number of ether oxygens (including phenoxy) is 4. The average Bonchev–Trinajstić information content (AvgIpc) is 3.36. The maximum absolute atomic E-state index is 12.5. The van der Waals surface area contributed by atoms with Gasteiger partial charge in [-0.15, -0.1) is 0 Å². The smallest absolute Gasteiger partial charge is 0.193 e. The van der Waals surface area contributed by atoms with Gasteiger partial charge in [0.2, 0.25) is 0 Å². The number of methoxy groups -OCH3 is 2. The van der Waals surface area contributed by atoms with Gasteiger partial charge in [0, 0.05) is 38.9 Å². The number of rotatable bonds is 13. The molecule has 8 aromatic rings. The van der Waals surface area contributed by atoms with Gasteiger partial charge in [-0.2, -0.15) is 0 Å². The van der Waals surface area contributed by atoms with Crippen LogP contribution in [0.15, 0.2) is 194 Å². The zero-order chi connectivity index (χ0) is 47.0. The average molecular weight is 875 g/mol. The molecule has 0 atom stereocenters. The molecule has 8 nitrogen and oxygen atoms in total. The van der Waals surface area contributed by atoms with Gasteiger partial charge in [-0.1, -0.05) is 89.5 Å². The van der Waals surface area contributed by atoms with E-state index in [-0.39, 0.29) is 23.1 Å². The molecule has 0 heterocycles. The van der Waals surface area contributed by atoms with Crippen LogP contribution < -0.4 is 18.9 Å². The maximum Gasteiger partial charge on any atom is 0.193 e. The molecule has 0 radical (unpaired) electrons. The summed E-state index contributed by atoms with van der Waals surface area (Å²) in [5, 5.41) is 0. The van der Waals surface area contributed by atoms with Crippen molar-refractivity contribution >= 4 is 23.1 Å². The van der Waals surface area contributed by atoms with E-state index in [1.165, 1.54) is 18.1 Å². The predicted molar refractivity (Wildman–Crippen MR) is 259 cm³/mol. The predicted octanol–water partition coefficient (Wildman–Crippen LogP) is 13.5. The van der Waals surface area contributed by atoms with Crippen molar-refractivity contribution in [1.82, 2.24) is 0 Å². The number of aryl methyl sites for hydroxylation is 3. The Morgan fingerprint density at radius 1 is 0.273 bits per heavy atom. The summed E-state index contributed by atoms with van der Waals surface area (Å²) in [7, 11) is 3.21. The lowest BCUT2D eigenvalue weighted by Gasteiger charge is -2.07. The monoisotopic (exact) mass is 874 g/mol. The van der Waals surface area contributed by atoms with Crippen LogP contribution in [0.5, 0.6) is 34.5 Å². The van der Waals surface area contributed by atoms with Gasteiger partial charge < -0.3 is 18.9 Å². The van der Waals surface area contributed by atoms with Crippen LogP contribution >= 0.6 is 0 Å². The first kappa shape index (κ1) is 47.1. The molecule has 8 rings (SSSR count). The highest BCUT2D eigenvalue weighted by Crippen LogP contribution is 2.25. The third-order valence-electron chi connectivity index (χ3n) is 10.3. The number of hydrogen-bond donors (Lipinski definition) is 0. The van der Waals surface area contributed by atoms with E-state index in [0.717, 1.165) is 28.6 Å². The second-order valence-electron chi connectivity index (χ2n) is 15.3. The minimum absolute atomic E-state index is 0.0170. The van der Waals surface area contributed by atoms with E-state index in [1.807, 2.05) is 93.6 Å². The molecule has 0 amide bonds. The third kappa shape index (κ3) is 13.3. The lowest BCUT2D eigenvalue weighted by atomic mass is 10.0. The van der Waals surface area contributed by atoms with Gasteiger partial charge in [0.05, 0.1) is 14.2 Å². The van der Waals surface area contributed by atoms with Gasteiger partial charge in [-0.3, -0.25) is 19.2 Å². The summed E-state index contributed by atoms with van der Waals surface area (Å²) in [6.45, 7) is 7.56. The first-order valence-corrected chi connectivity index (χ1v) is 21.2. The SMILES string of the molecule is CC(=O)c1ccc(C(=O)c2ccc(Oc3ccc(C)cc3)cc2)cc1.COc1ccc(C(=O)c2ccc(C)cc2)cc1.COc1ccc(C(=O)c2ccc(Oc3ccc(C)cc3)cc2)cc1. The summed E-state index contributed by atoms with van der Waals surface area (Å²) in [6, 6.07) is 58.3. The van der Waals surface area contributed by atoms with Crippen LogP contribution in [0, 0.1) is 20.8 Å². The lowest BCUT2D eigenvalue weighted by molar-refractivity contribution is 0.101. The molecule has 0 unspecified atom stereocenters. The molecule has 0 aliphatic heterocycles. The Bertz CT molecular complexity index is 2850. The molecular weight excluding hydrogens is 825 g/mol. The Morgan fingerprint density at radius 2 is 0.455 bits per heavy atom. The summed E-state index contributed by atoms with van der Waals surface area (Å²) in [5.41, 5.74) is 7.86. The minimum Gasteiger partial charge on any atom is -0.497 e. The van der Waals surface area contributed by atoms with E-state index in [1.54, 1.807) is 136 Å². The van der Waals surface area contributed by atoms with E-state index in [9.17, 15) is 19.2 Å². The van der Waals surface area contributed by atoms with Crippen LogP contribution in [0.25, 0.3) is 0 Å². The van der Waals surface area contributed by atoms with Crippen LogP contribution in [0.1, 0.15) is 81.7 Å². The Labute approximate surface area is 386 Å². The van der Waals surface area contributed by atoms with Gasteiger partial charge >= 0.3 is 0 Å². The Hall–Kier alpha value is -8.36. The molecule has 0 aliphatic rings. The molecule has 0 aliphatic carbocycles. The van der Waals surface area contributed by atoms with Crippen molar-refractivity contribution in [1.29, 1.82) is 0 Å². The fourth-order valence-electron chi connectivity index (χ4n) is 6.38. The topological polar surface area (TPSA) is 105 Å². The summed E-state index contributed by atoms with van der Waals surface area (Å²) in [4.78, 5) is 48.4. The molecule has 0 aromatic heterocycles. The van der Waals surface area contributed by atoms with E-state index in [2.05, 4.69) is 0 Å². The van der Waals surface area contributed by atoms with E-state index >= 15 is 0 Å². The van der Waals surface area contributed by atoms with Gasteiger partial charge in [0.25, 0.3) is 0 Å². The van der Waals surface area contributed by atoms with Gasteiger partial charge in [-0.05, 0) is 149 Å². The van der Waals surface area contributed by atoms with Crippen molar-refractivity contribution in [2.24, 2.45) is 0 Å². The molecule has 8 heteroatoms. The fraction of sp³-hybridized carbons (Fsp3) is 0.103. The van der Waals surface area contributed by atoms with Crippen molar-refractivity contribution in [2.45, 2.75) is 27.7 Å². The third-order valence-corrected chi connectivity index (χ3v) is 10.3. The Balaban J connectivity index is 0.000000167. The largest absolute Gasteiger partial charge is 0.497 e. The van der Waals surface area contributed by atoms with Crippen LogP contribution in [0.2, 0.25) is 0 Å². The van der Waals surface area contributed by atoms with Crippen LogP contribution in [-0.2, 0) is 0 Å². The molecule has 0 fully saturated rings. The number of benzene rings is 8. The quantitative estimate of drug-likeness (QED) is 0.105. The number of hydrogen-bond acceptors (Lipinski definition) is 8. The molecule has 8 aromatic carbocycles. The van der Waals surface area contributed by atoms with Gasteiger partial charge in [-0.25, -0.2) is 0 Å². The fourth-order valence-corrected chi connectivity index (χ4v) is 6.38. The van der Waals surface area contributed by atoms with Crippen LogP contribution in [0.3, 0.4) is 0 Å². The van der Waals surface area contributed by atoms with E-state index < -0.39 is 0 Å². The van der Waals surface area contributed by atoms with Gasteiger partial charge in [0.15, 0.2) is 23.1 Å². The second kappa shape index (κ2) is 22.8. The van der Waals surface area contributed by atoms with E-state index in [4.69, 9.17) is 18.9 Å². The highest BCUT2D eigenvalue weighted by Gasteiger charge is 2.12. The molecule has 0 saturated heterocycles. The minimum atomic E-state index is -0.0861. The van der Waals surface area contributed by atoms with Crippen molar-refractivity contribution in [2.75, 3.05) is 14.2 Å². The highest BCUT2D eigenvalue weighted by atomic mass is 16.5. The molecule has 0 bridgehead atoms. The number of carbonyl (C=O) groups is 4. The zero-order valence-corrected chi connectivity index (χ0v) is 37.7. The molecule has 330 valence electrons. The second-order valence-corrected chi connectivity index (χ2v) is 15.3. The summed E-state index contributed by atoms with van der Waals surface area (Å²) in [5.74, 6) is 4.29. The summed E-state index contributed by atoms with van der Waals surface area (Å²) in [6.07, 6.45) is 0. The molecule has 0 spiro atoms. The summed E-state index contributed by atoms with van der Waals surface area (Å²) < 4.78 is 21.7. The normalized spacial score (nSPS) is 10.2. The van der Waals surface area contributed by atoms with Crippen LogP contribution in [-0.4, -0.2) is 37.4 Å². The van der Waals surface area contributed by atoms with Crippen molar-refractivity contribution in [3.63, 3.8) is 0 Å². The Morgan fingerprint density at radius 3 is 0.697 bits per heavy atom. The first-order chi connectivity index (χ1) is 31.9. The summed E-state index contributed by atoms with van der Waals surface area (Å²) >= 11 is 0. The van der Waals surface area contributed by atoms with Crippen molar-refractivity contribution in [3.05, 3.63) is 250 Å². The highest BCUT2D eigenvalue weighted by molar-refractivity contribution is 6.10. The van der Waals surface area contributed by atoms with Gasteiger partial charge in [0.1, 0.15) is 34.5 Å². The maximum atomic E-state index is 12.5. The molecule has 0 saturated carbocycles. The number of ketones is 4. The Kier molecular flexibility index (Phi) is 16.3. The number of carbonyl (C=O) groups excluding carboxylic acids is 4. The first-order valence-electron chi connectivity index (χ1n) is 21.2. The van der Waals surface area contributed by atoms with E-state index in [0.29, 0.717) is 50.4 Å². The standard InChI is InChI=1S/C22H18O3.C21H18O3.C15H14O2/c1-15-3-11-20(12-4-15)25-21-13-9-19(10-14-21)22(24)18-7-5-17(6-8-18)16(2)23;1-15-3-9-19(10-4-15)24-20-13-7-17(8-14-20)21(22)16-5-11-18(23-2)12-6-16;1-11-3-5-12(6-4-11)15(16)13-7-9-14(17-2)10-8-13/h3-14H,1-2H3;3-14H,1-2H3;3-10H,1-2H3. The molecule has 0 N–H and O–H groups in total. The van der Waals surface area contributed by atoms with Crippen LogP contribution in [0.4, 0.5) is 0 Å². The van der Waals surface area contributed by atoms with Crippen molar-refractivity contribution < 1.29 is 38.1 Å². The van der Waals surface area contributed by atoms with Crippen molar-refractivity contribution in [3.8, 4) is 34.5 Å². The molecular formula is C58H50O8.